The number of dihydropyridines is 1. The molecule has 1 unspecified atom stereocenters. The van der Waals surface area contributed by atoms with E-state index in [1.54, 1.807) is 19.9 Å². The van der Waals surface area contributed by atoms with Crippen LogP contribution in [0.3, 0.4) is 0 Å². The smallest absolute Gasteiger partial charge is 0.257 e. The van der Waals surface area contributed by atoms with Gasteiger partial charge in [-0.05, 0) is 26.0 Å². The van der Waals surface area contributed by atoms with E-state index >= 15 is 0 Å². The van der Waals surface area contributed by atoms with Crippen LogP contribution in [0.2, 0.25) is 0 Å². The molecule has 2 rings (SSSR count). The maximum absolute atomic E-state index is 12.1. The first-order valence-corrected chi connectivity index (χ1v) is 7.33. The van der Waals surface area contributed by atoms with E-state index in [2.05, 4.69) is 10.1 Å². The summed E-state index contributed by atoms with van der Waals surface area (Å²) >= 11 is 1.07. The Kier molecular flexibility index (Phi) is 4.54. The quantitative estimate of drug-likeness (QED) is 0.893. The highest BCUT2D eigenvalue weighted by molar-refractivity contribution is 8.15. The minimum atomic E-state index is -0.814. The number of aryl methyl sites for hydroxylation is 2. The third-order valence-electron chi connectivity index (χ3n) is 2.92. The normalized spacial score (nSPS) is 17.3. The molecule has 1 aromatic rings. The highest BCUT2D eigenvalue weighted by Gasteiger charge is 2.23. The zero-order valence-corrected chi connectivity index (χ0v) is 12.8. The average Bonchev–Trinajstić information content (AvgIpc) is 2.83. The van der Waals surface area contributed by atoms with Crippen molar-refractivity contribution in [1.82, 2.24) is 9.78 Å². The van der Waals surface area contributed by atoms with Crippen LogP contribution < -0.4 is 0 Å². The molecule has 0 radical (unpaired) electrons. The van der Waals surface area contributed by atoms with Crippen LogP contribution in [-0.4, -0.2) is 32.3 Å². The molecule has 0 fully saturated rings. The predicted molar refractivity (Wildman–Crippen MR) is 82.7 cm³/mol. The van der Waals surface area contributed by atoms with Crippen molar-refractivity contribution in [3.63, 3.8) is 0 Å². The van der Waals surface area contributed by atoms with Gasteiger partial charge in [-0.1, -0.05) is 11.8 Å². The fourth-order valence-electron chi connectivity index (χ4n) is 1.92. The molecule has 8 heteroatoms. The van der Waals surface area contributed by atoms with E-state index in [0.717, 1.165) is 23.1 Å². The number of nitriles is 2. The second-order valence-electron chi connectivity index (χ2n) is 4.62. The van der Waals surface area contributed by atoms with Crippen LogP contribution in [0.1, 0.15) is 16.2 Å². The Morgan fingerprint density at radius 1 is 1.50 bits per heavy atom. The topological polar surface area (TPSA) is 119 Å². The Hall–Kier alpha value is -2.71. The zero-order chi connectivity index (χ0) is 16.3. The van der Waals surface area contributed by atoms with Crippen LogP contribution in [0.15, 0.2) is 22.7 Å². The number of nitrogens with one attached hydrogen (secondary N) is 1. The summed E-state index contributed by atoms with van der Waals surface area (Å²) in [5.74, 6) is -1.12. The number of aromatic nitrogens is 2. The van der Waals surface area contributed by atoms with E-state index in [-0.39, 0.29) is 28.1 Å². The third-order valence-corrected chi connectivity index (χ3v) is 3.89. The molecule has 0 aliphatic carbocycles. The van der Waals surface area contributed by atoms with E-state index in [1.165, 1.54) is 10.8 Å². The first-order valence-electron chi connectivity index (χ1n) is 6.34. The molecule has 22 heavy (non-hydrogen) atoms. The lowest BCUT2D eigenvalue weighted by molar-refractivity contribution is 0.0924. The molecule has 7 nitrogen and oxygen atoms in total. The molecular formula is C14H12N6OS. The van der Waals surface area contributed by atoms with Crippen molar-refractivity contribution in [3.8, 4) is 12.1 Å². The van der Waals surface area contributed by atoms with Gasteiger partial charge in [0.2, 0.25) is 0 Å². The molecule has 1 N–H and O–H groups in total. The lowest BCUT2D eigenvalue weighted by atomic mass is 10.0. The maximum Gasteiger partial charge on any atom is 0.257 e. The van der Waals surface area contributed by atoms with Gasteiger partial charge in [-0.15, -0.1) is 0 Å². The molecular weight excluding hydrogens is 300 g/mol. The summed E-state index contributed by atoms with van der Waals surface area (Å²) in [5.41, 5.74) is 1.71. The van der Waals surface area contributed by atoms with Gasteiger partial charge in [0.05, 0.1) is 23.1 Å². The molecule has 1 atom stereocenters. The zero-order valence-electron chi connectivity index (χ0n) is 12.0. The Balaban J connectivity index is 2.12. The molecule has 1 aliphatic rings. The van der Waals surface area contributed by atoms with Crippen LogP contribution in [0.25, 0.3) is 0 Å². The lowest BCUT2D eigenvalue weighted by Gasteiger charge is -2.13. The molecule has 0 saturated carbocycles. The van der Waals surface area contributed by atoms with Crippen molar-refractivity contribution in [3.05, 3.63) is 29.1 Å². The van der Waals surface area contributed by atoms with Gasteiger partial charge in [-0.25, -0.2) is 9.67 Å². The largest absolute Gasteiger partial charge is 0.285 e. The summed E-state index contributed by atoms with van der Waals surface area (Å²) in [6, 6.07) is 5.64. The van der Waals surface area contributed by atoms with Crippen LogP contribution >= 0.6 is 11.8 Å². The van der Waals surface area contributed by atoms with Gasteiger partial charge in [-0.2, -0.15) is 15.6 Å². The van der Waals surface area contributed by atoms with Crippen LogP contribution in [0, 0.1) is 47.8 Å². The Labute approximate surface area is 131 Å². The molecule has 0 bridgehead atoms. The van der Waals surface area contributed by atoms with Gasteiger partial charge in [-0.3, -0.25) is 10.2 Å². The van der Waals surface area contributed by atoms with Gasteiger partial charge in [0.15, 0.2) is 0 Å². The molecule has 110 valence electrons. The second kappa shape index (κ2) is 6.37. The SMILES string of the molecule is Cc1cc(C)n(C(=O)CSC2=NC(=N)C(C#N)C=C2C#N)n1. The Morgan fingerprint density at radius 3 is 2.77 bits per heavy atom. The molecule has 0 saturated heterocycles. The first kappa shape index (κ1) is 15.7. The van der Waals surface area contributed by atoms with Gasteiger partial charge in [0.1, 0.15) is 22.9 Å². The van der Waals surface area contributed by atoms with E-state index in [4.69, 9.17) is 15.9 Å². The molecule has 1 aromatic heterocycles. The van der Waals surface area contributed by atoms with E-state index in [9.17, 15) is 4.79 Å². The van der Waals surface area contributed by atoms with Gasteiger partial charge in [0.25, 0.3) is 5.91 Å². The summed E-state index contributed by atoms with van der Waals surface area (Å²) in [7, 11) is 0. The number of nitrogens with zero attached hydrogens (tertiary/aromatic N) is 5. The number of aliphatic imine (C=N–C) groups is 1. The van der Waals surface area contributed by atoms with Crippen molar-refractivity contribution in [2.75, 3.05) is 5.75 Å². The molecule has 0 spiro atoms. The van der Waals surface area contributed by atoms with Crippen molar-refractivity contribution in [2.24, 2.45) is 10.9 Å². The number of hydrogen-bond acceptors (Lipinski definition) is 6. The number of carbonyl (C=O) groups is 1. The predicted octanol–water partition coefficient (Wildman–Crippen LogP) is 1.85. The summed E-state index contributed by atoms with van der Waals surface area (Å²) in [4.78, 5) is 16.1. The Bertz CT molecular complexity index is 789. The Morgan fingerprint density at radius 2 is 2.23 bits per heavy atom. The minimum Gasteiger partial charge on any atom is -0.285 e. The van der Waals surface area contributed by atoms with Crippen LogP contribution in [0.4, 0.5) is 0 Å². The van der Waals surface area contributed by atoms with Crippen molar-refractivity contribution in [2.45, 2.75) is 13.8 Å². The lowest BCUT2D eigenvalue weighted by Crippen LogP contribution is -2.20. The average molecular weight is 312 g/mol. The third kappa shape index (κ3) is 3.13. The number of rotatable bonds is 2. The molecule has 0 amide bonds. The van der Waals surface area contributed by atoms with E-state index < -0.39 is 5.92 Å². The van der Waals surface area contributed by atoms with Crippen LogP contribution in [0.5, 0.6) is 0 Å². The number of amidine groups is 1. The standard InChI is InChI=1S/C14H12N6OS/c1-8-3-9(2)20(19-8)12(21)7-22-14-11(6-16)4-10(5-15)13(17)18-14/h3-4,10,17H,7H2,1-2H3. The molecule has 2 heterocycles. The number of hydrogen-bond donors (Lipinski definition) is 1. The van der Waals surface area contributed by atoms with Crippen LogP contribution in [-0.2, 0) is 0 Å². The summed E-state index contributed by atoms with van der Waals surface area (Å²) in [6.07, 6.45) is 1.39. The fraction of sp³-hybridized carbons (Fsp3) is 0.286. The number of thioether (sulfide) groups is 1. The maximum atomic E-state index is 12.1. The highest BCUT2D eigenvalue weighted by atomic mass is 32.2. The van der Waals surface area contributed by atoms with Crippen molar-refractivity contribution in [1.29, 1.82) is 15.9 Å². The highest BCUT2D eigenvalue weighted by Crippen LogP contribution is 2.21. The molecule has 0 aromatic carbocycles. The number of carbonyl (C=O) groups excluding carboxylic acids is 1. The molecule has 1 aliphatic heterocycles. The summed E-state index contributed by atoms with van der Waals surface area (Å²) < 4.78 is 1.31. The first-order chi connectivity index (χ1) is 10.5. The minimum absolute atomic E-state index is 0.0459. The van der Waals surface area contributed by atoms with E-state index in [1.807, 2.05) is 12.1 Å². The monoisotopic (exact) mass is 312 g/mol. The van der Waals surface area contributed by atoms with Crippen molar-refractivity contribution >= 4 is 28.5 Å². The van der Waals surface area contributed by atoms with Gasteiger partial charge in [0, 0.05) is 5.69 Å². The second-order valence-corrected chi connectivity index (χ2v) is 5.59. The van der Waals surface area contributed by atoms with Crippen molar-refractivity contribution < 1.29 is 4.79 Å². The van der Waals surface area contributed by atoms with Gasteiger partial charge < -0.3 is 0 Å². The van der Waals surface area contributed by atoms with E-state index in [0.29, 0.717) is 0 Å². The fourth-order valence-corrected chi connectivity index (χ4v) is 2.74. The van der Waals surface area contributed by atoms with Gasteiger partial charge >= 0.3 is 0 Å². The summed E-state index contributed by atoms with van der Waals surface area (Å²) in [5, 5.41) is 30.0. The summed E-state index contributed by atoms with van der Waals surface area (Å²) in [6.45, 7) is 3.59.